The Kier molecular flexibility index (Phi) is 7.30. The normalized spacial score (nSPS) is 11.0. The van der Waals surface area contributed by atoms with E-state index in [2.05, 4.69) is 60.4 Å². The lowest BCUT2D eigenvalue weighted by Crippen LogP contribution is -2.30. The first-order valence-corrected chi connectivity index (χ1v) is 9.84. The molecule has 2 aromatic rings. The van der Waals surface area contributed by atoms with E-state index in [1.807, 2.05) is 24.3 Å². The van der Waals surface area contributed by atoms with Gasteiger partial charge in [-0.1, -0.05) is 57.2 Å². The molecule has 0 saturated carbocycles. The molecule has 0 radical (unpaired) electrons. The van der Waals surface area contributed by atoms with Crippen LogP contribution in [0.4, 0.5) is 10.5 Å². The molecule has 2 aromatic carbocycles. The van der Waals surface area contributed by atoms with Crippen LogP contribution in [0.1, 0.15) is 44.4 Å². The van der Waals surface area contributed by atoms with E-state index < -0.39 is 0 Å². The molecule has 0 bridgehead atoms. The molecule has 0 spiro atoms. The Morgan fingerprint density at radius 1 is 0.926 bits per heavy atom. The van der Waals surface area contributed by atoms with Gasteiger partial charge in [0, 0.05) is 24.9 Å². The van der Waals surface area contributed by atoms with Gasteiger partial charge in [0.1, 0.15) is 0 Å². The summed E-state index contributed by atoms with van der Waals surface area (Å²) in [5.74, 6) is 0.605. The second-order valence-corrected chi connectivity index (χ2v) is 8.18. The summed E-state index contributed by atoms with van der Waals surface area (Å²) in [4.78, 5) is 22.9. The summed E-state index contributed by atoms with van der Waals surface area (Å²) >= 11 is 1.36. The van der Waals surface area contributed by atoms with Gasteiger partial charge in [-0.15, -0.1) is 0 Å². The van der Waals surface area contributed by atoms with Crippen molar-refractivity contribution in [3.63, 3.8) is 0 Å². The monoisotopic (exact) mass is 385 g/mol. The number of carbonyl (C=O) groups is 2. The third-order valence-electron chi connectivity index (χ3n) is 3.95. The molecule has 144 valence electrons. The second kappa shape index (κ2) is 9.46. The van der Waals surface area contributed by atoms with Crippen molar-refractivity contribution in [1.29, 1.82) is 0 Å². The standard InChI is InChI=1S/C21H27N3O2S/c1-15(25)23-19-11-7-16(8-12-19)13-22-20(26)24-27-14-17-5-9-18(10-6-17)21(2,3)4/h5-12H,13-14H2,1-4H3,(H,23,25)(H2,22,24,26). The molecular weight excluding hydrogens is 358 g/mol. The number of rotatable bonds is 6. The minimum Gasteiger partial charge on any atom is -0.333 e. The molecule has 27 heavy (non-hydrogen) atoms. The molecule has 0 atom stereocenters. The zero-order valence-electron chi connectivity index (χ0n) is 16.3. The molecule has 0 aliphatic carbocycles. The largest absolute Gasteiger partial charge is 0.333 e. The van der Waals surface area contributed by atoms with Crippen LogP contribution in [0.25, 0.3) is 0 Å². The molecule has 5 nitrogen and oxygen atoms in total. The van der Waals surface area contributed by atoms with Crippen LogP contribution in [-0.2, 0) is 22.5 Å². The Morgan fingerprint density at radius 3 is 2.07 bits per heavy atom. The van der Waals surface area contributed by atoms with E-state index in [4.69, 9.17) is 0 Å². The summed E-state index contributed by atoms with van der Waals surface area (Å²) in [5.41, 5.74) is 4.31. The number of amides is 3. The number of hydrogen-bond donors (Lipinski definition) is 3. The van der Waals surface area contributed by atoms with Gasteiger partial charge in [0.25, 0.3) is 0 Å². The van der Waals surface area contributed by atoms with Gasteiger partial charge < -0.3 is 10.6 Å². The highest BCUT2D eigenvalue weighted by Crippen LogP contribution is 2.23. The van der Waals surface area contributed by atoms with E-state index in [1.54, 1.807) is 0 Å². The molecule has 0 aromatic heterocycles. The number of nitrogens with one attached hydrogen (secondary N) is 3. The van der Waals surface area contributed by atoms with Gasteiger partial charge in [-0.2, -0.15) is 0 Å². The minimum atomic E-state index is -0.225. The maximum absolute atomic E-state index is 11.9. The maximum Gasteiger partial charge on any atom is 0.325 e. The highest BCUT2D eigenvalue weighted by molar-refractivity contribution is 7.97. The third-order valence-corrected chi connectivity index (χ3v) is 4.76. The predicted molar refractivity (Wildman–Crippen MR) is 113 cm³/mol. The van der Waals surface area contributed by atoms with Crippen LogP contribution >= 0.6 is 11.9 Å². The maximum atomic E-state index is 11.9. The van der Waals surface area contributed by atoms with Crippen LogP contribution in [0, 0.1) is 0 Å². The number of benzene rings is 2. The first kappa shape index (κ1) is 20.8. The van der Waals surface area contributed by atoms with E-state index in [9.17, 15) is 9.59 Å². The Bertz CT molecular complexity index is 766. The molecule has 0 saturated heterocycles. The van der Waals surface area contributed by atoms with Crippen LogP contribution in [0.3, 0.4) is 0 Å². The van der Waals surface area contributed by atoms with Crippen LogP contribution in [-0.4, -0.2) is 11.9 Å². The first-order valence-electron chi connectivity index (χ1n) is 8.85. The second-order valence-electron chi connectivity index (χ2n) is 7.40. The average Bonchev–Trinajstić information content (AvgIpc) is 2.60. The van der Waals surface area contributed by atoms with Crippen LogP contribution in [0.2, 0.25) is 0 Å². The van der Waals surface area contributed by atoms with Gasteiger partial charge in [-0.25, -0.2) is 4.79 Å². The van der Waals surface area contributed by atoms with Crippen molar-refractivity contribution < 1.29 is 9.59 Å². The fourth-order valence-corrected chi connectivity index (χ4v) is 3.05. The molecule has 0 heterocycles. The summed E-state index contributed by atoms with van der Waals surface area (Å²) in [7, 11) is 0. The topological polar surface area (TPSA) is 70.2 Å². The van der Waals surface area contributed by atoms with Crippen LogP contribution < -0.4 is 15.4 Å². The molecular formula is C21H27N3O2S. The van der Waals surface area contributed by atoms with E-state index in [1.165, 1.54) is 30.0 Å². The third kappa shape index (κ3) is 7.35. The molecule has 0 aliphatic rings. The van der Waals surface area contributed by atoms with Gasteiger partial charge >= 0.3 is 6.03 Å². The number of hydrogen-bond acceptors (Lipinski definition) is 3. The van der Waals surface area contributed by atoms with Gasteiger partial charge in [0.15, 0.2) is 0 Å². The van der Waals surface area contributed by atoms with E-state index in [0.717, 1.165) is 11.3 Å². The zero-order valence-corrected chi connectivity index (χ0v) is 17.1. The van der Waals surface area contributed by atoms with Crippen LogP contribution in [0.5, 0.6) is 0 Å². The van der Waals surface area contributed by atoms with Crippen molar-refractivity contribution in [3.05, 3.63) is 65.2 Å². The summed E-state index contributed by atoms with van der Waals surface area (Å²) in [6, 6.07) is 15.6. The number of anilines is 1. The SMILES string of the molecule is CC(=O)Nc1ccc(CNC(=O)NSCc2ccc(C(C)(C)C)cc2)cc1. The predicted octanol–water partition coefficient (Wildman–Crippen LogP) is 4.59. The van der Waals surface area contributed by atoms with Crippen molar-refractivity contribution in [2.75, 3.05) is 5.32 Å². The molecule has 2 rings (SSSR count). The van der Waals surface area contributed by atoms with E-state index in [0.29, 0.717) is 12.3 Å². The first-order chi connectivity index (χ1) is 12.7. The summed E-state index contributed by atoms with van der Waals surface area (Å²) in [6.07, 6.45) is 0. The molecule has 3 amide bonds. The summed E-state index contributed by atoms with van der Waals surface area (Å²) in [5, 5.41) is 5.53. The Morgan fingerprint density at radius 2 is 1.52 bits per heavy atom. The number of carbonyl (C=O) groups excluding carboxylic acids is 2. The van der Waals surface area contributed by atoms with Crippen molar-refractivity contribution >= 4 is 29.6 Å². The van der Waals surface area contributed by atoms with Gasteiger partial charge in [-0.3, -0.25) is 9.52 Å². The summed E-state index contributed by atoms with van der Waals surface area (Å²) in [6.45, 7) is 8.46. The Labute approximate surface area is 165 Å². The van der Waals surface area contributed by atoms with Crippen molar-refractivity contribution in [3.8, 4) is 0 Å². The smallest absolute Gasteiger partial charge is 0.325 e. The van der Waals surface area contributed by atoms with Gasteiger partial charge in [-0.05, 0) is 46.2 Å². The lowest BCUT2D eigenvalue weighted by atomic mass is 9.87. The van der Waals surface area contributed by atoms with Crippen molar-refractivity contribution in [2.24, 2.45) is 0 Å². The highest BCUT2D eigenvalue weighted by Gasteiger charge is 2.12. The van der Waals surface area contributed by atoms with Gasteiger partial charge in [0.2, 0.25) is 5.91 Å². The lowest BCUT2D eigenvalue weighted by Gasteiger charge is -2.19. The molecule has 0 fully saturated rings. The lowest BCUT2D eigenvalue weighted by molar-refractivity contribution is -0.114. The van der Waals surface area contributed by atoms with E-state index in [-0.39, 0.29) is 17.4 Å². The quantitative estimate of drug-likeness (QED) is 0.637. The highest BCUT2D eigenvalue weighted by atomic mass is 32.2. The molecule has 6 heteroatoms. The Hall–Kier alpha value is -2.47. The Balaban J connectivity index is 1.71. The zero-order chi connectivity index (χ0) is 19.9. The minimum absolute atomic E-state index is 0.106. The molecule has 0 aliphatic heterocycles. The number of urea groups is 1. The van der Waals surface area contributed by atoms with Gasteiger partial charge in [0.05, 0.1) is 0 Å². The fraction of sp³-hybridized carbons (Fsp3) is 0.333. The molecule has 3 N–H and O–H groups in total. The average molecular weight is 386 g/mol. The fourth-order valence-electron chi connectivity index (χ4n) is 2.41. The van der Waals surface area contributed by atoms with Crippen molar-refractivity contribution in [2.45, 2.75) is 45.4 Å². The summed E-state index contributed by atoms with van der Waals surface area (Å²) < 4.78 is 2.79. The van der Waals surface area contributed by atoms with Crippen molar-refractivity contribution in [1.82, 2.24) is 10.0 Å². The van der Waals surface area contributed by atoms with Crippen LogP contribution in [0.15, 0.2) is 48.5 Å². The van der Waals surface area contributed by atoms with E-state index >= 15 is 0 Å². The molecule has 0 unspecified atom stereocenters.